The zero-order valence-corrected chi connectivity index (χ0v) is 14.8. The van der Waals surface area contributed by atoms with Crippen LogP contribution in [0, 0.1) is 0 Å². The van der Waals surface area contributed by atoms with Crippen molar-refractivity contribution in [1.82, 2.24) is 4.90 Å². The van der Waals surface area contributed by atoms with Crippen LogP contribution in [0.5, 0.6) is 0 Å². The molecular formula is C20H22F3NO3. The molecule has 1 N–H and O–H groups in total. The number of halogens is 3. The van der Waals surface area contributed by atoms with Gasteiger partial charge in [-0.05, 0) is 50.4 Å². The van der Waals surface area contributed by atoms with Crippen LogP contribution in [-0.4, -0.2) is 28.6 Å². The van der Waals surface area contributed by atoms with Gasteiger partial charge in [0.1, 0.15) is 11.5 Å². The summed E-state index contributed by atoms with van der Waals surface area (Å²) < 4.78 is 45.3. The highest BCUT2D eigenvalue weighted by molar-refractivity contribution is 5.66. The van der Waals surface area contributed by atoms with Crippen molar-refractivity contribution in [1.29, 1.82) is 0 Å². The Morgan fingerprint density at radius 1 is 1.15 bits per heavy atom. The number of aliphatic carboxylic acids is 1. The molecule has 1 aromatic heterocycles. The van der Waals surface area contributed by atoms with Crippen LogP contribution in [0.25, 0.3) is 11.3 Å². The lowest BCUT2D eigenvalue weighted by Crippen LogP contribution is -2.26. The van der Waals surface area contributed by atoms with E-state index in [9.17, 15) is 18.0 Å². The predicted molar refractivity (Wildman–Crippen MR) is 94.1 cm³/mol. The topological polar surface area (TPSA) is 53.7 Å². The van der Waals surface area contributed by atoms with Gasteiger partial charge in [0.05, 0.1) is 12.1 Å². The van der Waals surface area contributed by atoms with Crippen LogP contribution in [0.1, 0.15) is 43.4 Å². The first-order valence-electron chi connectivity index (χ1n) is 9.06. The second-order valence-corrected chi connectivity index (χ2v) is 6.86. The van der Waals surface area contributed by atoms with Gasteiger partial charge >= 0.3 is 12.1 Å². The van der Waals surface area contributed by atoms with Gasteiger partial charge in [0, 0.05) is 18.0 Å². The molecule has 0 bridgehead atoms. The Kier molecular flexibility index (Phi) is 5.89. The van der Waals surface area contributed by atoms with Crippen LogP contribution in [0.3, 0.4) is 0 Å². The van der Waals surface area contributed by atoms with E-state index in [1.807, 2.05) is 0 Å². The Labute approximate surface area is 155 Å². The lowest BCUT2D eigenvalue weighted by atomic mass is 10.1. The molecule has 2 aromatic rings. The van der Waals surface area contributed by atoms with Crippen molar-refractivity contribution >= 4 is 5.97 Å². The average Bonchev–Trinajstić information content (AvgIpc) is 3.35. The number of carbonyl (C=O) groups is 1. The second kappa shape index (κ2) is 8.17. The number of rotatable bonds is 9. The van der Waals surface area contributed by atoms with Crippen molar-refractivity contribution in [3.63, 3.8) is 0 Å². The summed E-state index contributed by atoms with van der Waals surface area (Å²) >= 11 is 0. The average molecular weight is 381 g/mol. The van der Waals surface area contributed by atoms with Crippen molar-refractivity contribution in [3.05, 3.63) is 47.7 Å². The molecule has 146 valence electrons. The molecule has 1 heterocycles. The van der Waals surface area contributed by atoms with Crippen LogP contribution in [0.4, 0.5) is 13.2 Å². The zero-order valence-electron chi connectivity index (χ0n) is 14.8. The van der Waals surface area contributed by atoms with Crippen LogP contribution < -0.4 is 0 Å². The summed E-state index contributed by atoms with van der Waals surface area (Å²) in [4.78, 5) is 12.8. The first kappa shape index (κ1) is 19.5. The predicted octanol–water partition coefficient (Wildman–Crippen LogP) is 5.18. The van der Waals surface area contributed by atoms with Gasteiger partial charge in [-0.15, -0.1) is 0 Å². The van der Waals surface area contributed by atoms with Gasteiger partial charge < -0.3 is 9.52 Å². The maximum Gasteiger partial charge on any atom is 0.417 e. The van der Waals surface area contributed by atoms with Crippen molar-refractivity contribution in [3.8, 4) is 11.3 Å². The van der Waals surface area contributed by atoms with E-state index in [1.54, 1.807) is 18.2 Å². The van der Waals surface area contributed by atoms with E-state index in [0.717, 1.165) is 31.9 Å². The maximum atomic E-state index is 13.2. The number of hydrogen-bond donors (Lipinski definition) is 1. The lowest BCUT2D eigenvalue weighted by molar-refractivity contribution is -0.138. The maximum absolute atomic E-state index is 13.2. The highest BCUT2D eigenvalue weighted by Crippen LogP contribution is 2.38. The van der Waals surface area contributed by atoms with E-state index in [-0.39, 0.29) is 17.7 Å². The number of alkyl halides is 3. The highest BCUT2D eigenvalue weighted by atomic mass is 19.4. The van der Waals surface area contributed by atoms with Gasteiger partial charge in [-0.1, -0.05) is 18.2 Å². The van der Waals surface area contributed by atoms with Crippen molar-refractivity contribution < 1.29 is 27.5 Å². The van der Waals surface area contributed by atoms with Crippen LogP contribution >= 0.6 is 0 Å². The smallest absolute Gasteiger partial charge is 0.417 e. The summed E-state index contributed by atoms with van der Waals surface area (Å²) in [6, 6.07) is 9.14. The minimum atomic E-state index is -4.44. The Morgan fingerprint density at radius 3 is 2.56 bits per heavy atom. The fraction of sp³-hybridized carbons (Fsp3) is 0.450. The summed E-state index contributed by atoms with van der Waals surface area (Å²) in [7, 11) is 0. The summed E-state index contributed by atoms with van der Waals surface area (Å²) in [5.74, 6) is 0.0265. The monoisotopic (exact) mass is 381 g/mol. The number of hydrogen-bond acceptors (Lipinski definition) is 3. The molecule has 7 heteroatoms. The number of benzene rings is 1. The number of furan rings is 1. The molecule has 1 aromatic carbocycles. The van der Waals surface area contributed by atoms with Gasteiger partial charge in [-0.3, -0.25) is 9.69 Å². The van der Waals surface area contributed by atoms with Gasteiger partial charge in [-0.2, -0.15) is 13.2 Å². The minimum absolute atomic E-state index is 0.0377. The molecule has 27 heavy (non-hydrogen) atoms. The van der Waals surface area contributed by atoms with E-state index in [2.05, 4.69) is 4.90 Å². The van der Waals surface area contributed by atoms with Crippen molar-refractivity contribution in [2.75, 3.05) is 6.54 Å². The Hall–Kier alpha value is -2.28. The number of carboxylic acid groups (broad SMARTS) is 1. The summed E-state index contributed by atoms with van der Waals surface area (Å²) in [5, 5.41) is 8.72. The summed E-state index contributed by atoms with van der Waals surface area (Å²) in [6.45, 7) is 1.28. The molecule has 3 rings (SSSR count). The van der Waals surface area contributed by atoms with Gasteiger partial charge in [0.2, 0.25) is 0 Å². The van der Waals surface area contributed by atoms with E-state index in [0.29, 0.717) is 24.8 Å². The molecule has 1 saturated carbocycles. The SMILES string of the molecule is O=C(O)CCCCN(Cc1ccc(-c2ccccc2C(F)(F)F)o1)C1CC1. The molecule has 0 amide bonds. The van der Waals surface area contributed by atoms with Gasteiger partial charge in [0.15, 0.2) is 0 Å². The van der Waals surface area contributed by atoms with Crippen LogP contribution in [0.2, 0.25) is 0 Å². The fourth-order valence-corrected chi connectivity index (χ4v) is 3.17. The number of unbranched alkanes of at least 4 members (excludes halogenated alkanes) is 1. The fourth-order valence-electron chi connectivity index (χ4n) is 3.17. The molecule has 1 fully saturated rings. The van der Waals surface area contributed by atoms with Crippen LogP contribution in [-0.2, 0) is 17.5 Å². The standard InChI is InChI=1S/C20H22F3NO3/c21-20(22,23)17-6-2-1-5-16(17)18-11-10-15(27-18)13-24(14-8-9-14)12-4-3-7-19(25)26/h1-2,5-6,10-11,14H,3-4,7-9,12-13H2,(H,25,26). The minimum Gasteiger partial charge on any atom is -0.481 e. The molecule has 0 radical (unpaired) electrons. The largest absolute Gasteiger partial charge is 0.481 e. The molecule has 0 unspecified atom stereocenters. The molecule has 0 saturated heterocycles. The van der Waals surface area contributed by atoms with E-state index in [1.165, 1.54) is 12.1 Å². The van der Waals surface area contributed by atoms with Crippen molar-refractivity contribution in [2.24, 2.45) is 0 Å². The molecule has 4 nitrogen and oxygen atoms in total. The Morgan fingerprint density at radius 2 is 1.89 bits per heavy atom. The molecule has 0 aliphatic heterocycles. The van der Waals surface area contributed by atoms with Crippen molar-refractivity contribution in [2.45, 2.75) is 50.9 Å². The molecular weight excluding hydrogens is 359 g/mol. The summed E-state index contributed by atoms with van der Waals surface area (Å²) in [6.07, 6.45) is -0.730. The van der Waals surface area contributed by atoms with E-state index < -0.39 is 17.7 Å². The van der Waals surface area contributed by atoms with E-state index in [4.69, 9.17) is 9.52 Å². The number of nitrogens with zero attached hydrogens (tertiary/aromatic N) is 1. The molecule has 0 atom stereocenters. The lowest BCUT2D eigenvalue weighted by Gasteiger charge is -2.20. The van der Waals surface area contributed by atoms with Crippen LogP contribution in [0.15, 0.2) is 40.8 Å². The zero-order chi connectivity index (χ0) is 19.4. The third kappa shape index (κ3) is 5.35. The number of carboxylic acids is 1. The third-order valence-corrected chi connectivity index (χ3v) is 4.67. The molecule has 0 spiro atoms. The van der Waals surface area contributed by atoms with Gasteiger partial charge in [0.25, 0.3) is 0 Å². The highest BCUT2D eigenvalue weighted by Gasteiger charge is 2.34. The first-order valence-corrected chi connectivity index (χ1v) is 9.06. The Balaban J connectivity index is 1.67. The Bertz CT molecular complexity index is 781. The molecule has 1 aliphatic carbocycles. The first-order chi connectivity index (χ1) is 12.8. The third-order valence-electron chi connectivity index (χ3n) is 4.67. The quantitative estimate of drug-likeness (QED) is 0.608. The van der Waals surface area contributed by atoms with Gasteiger partial charge in [-0.25, -0.2) is 0 Å². The molecule has 1 aliphatic rings. The second-order valence-electron chi connectivity index (χ2n) is 6.86. The summed E-state index contributed by atoms with van der Waals surface area (Å²) in [5.41, 5.74) is -0.672. The van der Waals surface area contributed by atoms with E-state index >= 15 is 0 Å². The normalized spacial score (nSPS) is 14.7.